The second kappa shape index (κ2) is 6.13. The van der Waals surface area contributed by atoms with E-state index < -0.39 is 0 Å². The molecule has 0 N–H and O–H groups in total. The molecule has 1 aromatic rings. The molecule has 0 amide bonds. The van der Waals surface area contributed by atoms with Gasteiger partial charge in [-0.15, -0.1) is 11.6 Å². The van der Waals surface area contributed by atoms with Crippen LogP contribution in [0.4, 0.5) is 0 Å². The zero-order valence-corrected chi connectivity index (χ0v) is 10.8. The summed E-state index contributed by atoms with van der Waals surface area (Å²) in [6.45, 7) is 0. The molecule has 0 atom stereocenters. The predicted molar refractivity (Wildman–Crippen MR) is 64.0 cm³/mol. The molecule has 0 aliphatic carbocycles. The topological polar surface area (TPSA) is 26.3 Å². The van der Waals surface area contributed by atoms with Crippen molar-refractivity contribution in [3.05, 3.63) is 33.8 Å². The first-order valence-corrected chi connectivity index (χ1v) is 5.90. The average Bonchev–Trinajstić information content (AvgIpc) is 2.25. The highest BCUT2D eigenvalue weighted by molar-refractivity contribution is 9.10. The fourth-order valence-corrected chi connectivity index (χ4v) is 2.35. The third kappa shape index (κ3) is 3.50. The van der Waals surface area contributed by atoms with Crippen LogP contribution in [0.3, 0.4) is 0 Å². The van der Waals surface area contributed by atoms with Crippen LogP contribution in [0.15, 0.2) is 22.7 Å². The highest BCUT2D eigenvalue weighted by Crippen LogP contribution is 2.23. The molecule has 0 aromatic heterocycles. The molecular formula is C11H12BrClO2. The number of carbonyl (C=O) groups excluding carboxylic acids is 1. The van der Waals surface area contributed by atoms with Gasteiger partial charge in [-0.3, -0.25) is 4.79 Å². The molecule has 0 spiro atoms. The number of halogens is 2. The summed E-state index contributed by atoms with van der Waals surface area (Å²) in [5.41, 5.74) is 2.13. The van der Waals surface area contributed by atoms with Crippen LogP contribution in [0.25, 0.3) is 0 Å². The van der Waals surface area contributed by atoms with Gasteiger partial charge in [0.15, 0.2) is 0 Å². The number of methoxy groups -OCH3 is 1. The molecule has 0 unspecified atom stereocenters. The Labute approximate surface area is 103 Å². The monoisotopic (exact) mass is 290 g/mol. The summed E-state index contributed by atoms with van der Waals surface area (Å²) in [4.78, 5) is 11.0. The summed E-state index contributed by atoms with van der Waals surface area (Å²) >= 11 is 9.27. The number of aryl methyl sites for hydroxylation is 1. The van der Waals surface area contributed by atoms with E-state index >= 15 is 0 Å². The molecule has 0 saturated carbocycles. The summed E-state index contributed by atoms with van der Waals surface area (Å²) in [6, 6.07) is 5.86. The second-order valence-corrected chi connectivity index (χ2v) is 4.21. The maximum absolute atomic E-state index is 11.0. The summed E-state index contributed by atoms with van der Waals surface area (Å²) in [5.74, 6) is 0.244. The van der Waals surface area contributed by atoms with Crippen LogP contribution >= 0.6 is 27.5 Å². The molecule has 1 rings (SSSR count). The number of hydrogen-bond acceptors (Lipinski definition) is 2. The van der Waals surface area contributed by atoms with Gasteiger partial charge in [-0.2, -0.15) is 0 Å². The van der Waals surface area contributed by atoms with Crippen molar-refractivity contribution in [1.29, 1.82) is 0 Å². The van der Waals surface area contributed by atoms with Gasteiger partial charge in [0.25, 0.3) is 0 Å². The maximum Gasteiger partial charge on any atom is 0.305 e. The Morgan fingerprint density at radius 1 is 1.53 bits per heavy atom. The first-order chi connectivity index (χ1) is 7.19. The minimum Gasteiger partial charge on any atom is -0.469 e. The van der Waals surface area contributed by atoms with Gasteiger partial charge in [0.05, 0.1) is 7.11 Å². The lowest BCUT2D eigenvalue weighted by atomic mass is 10.0. The zero-order chi connectivity index (χ0) is 11.3. The van der Waals surface area contributed by atoms with Crippen molar-refractivity contribution in [1.82, 2.24) is 0 Å². The fourth-order valence-electron chi connectivity index (χ4n) is 1.33. The quantitative estimate of drug-likeness (QED) is 0.628. The smallest absolute Gasteiger partial charge is 0.305 e. The maximum atomic E-state index is 11.0. The normalized spacial score (nSPS) is 10.1. The van der Waals surface area contributed by atoms with Crippen molar-refractivity contribution in [2.45, 2.75) is 18.7 Å². The molecule has 15 heavy (non-hydrogen) atoms. The van der Waals surface area contributed by atoms with Crippen molar-refractivity contribution >= 4 is 33.5 Å². The molecule has 0 bridgehead atoms. The van der Waals surface area contributed by atoms with Crippen molar-refractivity contribution in [2.75, 3.05) is 7.11 Å². The first-order valence-electron chi connectivity index (χ1n) is 4.58. The predicted octanol–water partition coefficient (Wildman–Crippen LogP) is 3.29. The SMILES string of the molecule is COC(=O)CCc1cccc(Br)c1CCl. The van der Waals surface area contributed by atoms with Crippen molar-refractivity contribution < 1.29 is 9.53 Å². The van der Waals surface area contributed by atoms with Crippen LogP contribution < -0.4 is 0 Å². The Morgan fingerprint density at radius 2 is 2.27 bits per heavy atom. The zero-order valence-electron chi connectivity index (χ0n) is 8.43. The Morgan fingerprint density at radius 3 is 2.87 bits per heavy atom. The molecule has 0 aliphatic heterocycles. The lowest BCUT2D eigenvalue weighted by Gasteiger charge is -2.08. The standard InChI is InChI=1S/C11H12BrClO2/c1-15-11(14)6-5-8-3-2-4-10(12)9(8)7-13/h2-4H,5-7H2,1H3. The van der Waals surface area contributed by atoms with E-state index in [4.69, 9.17) is 11.6 Å². The highest BCUT2D eigenvalue weighted by atomic mass is 79.9. The number of esters is 1. The van der Waals surface area contributed by atoms with E-state index in [1.807, 2.05) is 18.2 Å². The van der Waals surface area contributed by atoms with E-state index in [2.05, 4.69) is 20.7 Å². The van der Waals surface area contributed by atoms with E-state index in [1.54, 1.807) is 0 Å². The number of hydrogen-bond donors (Lipinski definition) is 0. The Balaban J connectivity index is 2.76. The molecule has 0 aliphatic rings. The molecule has 82 valence electrons. The van der Waals surface area contributed by atoms with Crippen molar-refractivity contribution in [3.8, 4) is 0 Å². The number of ether oxygens (including phenoxy) is 1. The van der Waals surface area contributed by atoms with Gasteiger partial charge in [-0.25, -0.2) is 0 Å². The van der Waals surface area contributed by atoms with E-state index in [0.29, 0.717) is 18.7 Å². The summed E-state index contributed by atoms with van der Waals surface area (Å²) in [7, 11) is 1.39. The van der Waals surface area contributed by atoms with Gasteiger partial charge in [0.2, 0.25) is 0 Å². The summed E-state index contributed by atoms with van der Waals surface area (Å²) in [6.07, 6.45) is 1.05. The molecule has 0 saturated heterocycles. The van der Waals surface area contributed by atoms with Gasteiger partial charge >= 0.3 is 5.97 Å². The van der Waals surface area contributed by atoms with Gasteiger partial charge in [-0.1, -0.05) is 28.1 Å². The lowest BCUT2D eigenvalue weighted by Crippen LogP contribution is -2.03. The van der Waals surface area contributed by atoms with Crippen LogP contribution in [0, 0.1) is 0 Å². The van der Waals surface area contributed by atoms with Crippen LogP contribution in [0.5, 0.6) is 0 Å². The molecule has 2 nitrogen and oxygen atoms in total. The first kappa shape index (κ1) is 12.5. The minimum atomic E-state index is -0.199. The number of rotatable bonds is 4. The van der Waals surface area contributed by atoms with Crippen LogP contribution in [0.2, 0.25) is 0 Å². The Hall–Kier alpha value is -0.540. The largest absolute Gasteiger partial charge is 0.469 e. The minimum absolute atomic E-state index is 0.199. The molecule has 0 radical (unpaired) electrons. The second-order valence-electron chi connectivity index (χ2n) is 3.09. The summed E-state index contributed by atoms with van der Waals surface area (Å²) in [5, 5.41) is 0. The molecule has 4 heteroatoms. The van der Waals surface area contributed by atoms with E-state index in [0.717, 1.165) is 15.6 Å². The number of benzene rings is 1. The van der Waals surface area contributed by atoms with E-state index in [1.165, 1.54) is 7.11 Å². The van der Waals surface area contributed by atoms with Gasteiger partial charge in [0.1, 0.15) is 0 Å². The van der Waals surface area contributed by atoms with Crippen LogP contribution in [0.1, 0.15) is 17.5 Å². The molecule has 0 heterocycles. The van der Waals surface area contributed by atoms with Gasteiger partial charge in [0, 0.05) is 16.8 Å². The van der Waals surface area contributed by atoms with E-state index in [-0.39, 0.29) is 5.97 Å². The van der Waals surface area contributed by atoms with Crippen molar-refractivity contribution in [2.24, 2.45) is 0 Å². The van der Waals surface area contributed by atoms with Gasteiger partial charge < -0.3 is 4.74 Å². The molecule has 0 fully saturated rings. The van der Waals surface area contributed by atoms with Crippen molar-refractivity contribution in [3.63, 3.8) is 0 Å². The number of alkyl halides is 1. The number of carbonyl (C=O) groups is 1. The average molecular weight is 292 g/mol. The van der Waals surface area contributed by atoms with Crippen LogP contribution in [-0.2, 0) is 21.8 Å². The van der Waals surface area contributed by atoms with Crippen LogP contribution in [-0.4, -0.2) is 13.1 Å². The summed E-state index contributed by atoms with van der Waals surface area (Å²) < 4.78 is 5.58. The highest BCUT2D eigenvalue weighted by Gasteiger charge is 2.07. The van der Waals surface area contributed by atoms with E-state index in [9.17, 15) is 4.79 Å². The lowest BCUT2D eigenvalue weighted by molar-refractivity contribution is -0.140. The third-order valence-electron chi connectivity index (χ3n) is 2.18. The Bertz CT molecular complexity index is 352. The Kier molecular flexibility index (Phi) is 5.12. The molecular weight excluding hydrogens is 279 g/mol. The van der Waals surface area contributed by atoms with Gasteiger partial charge in [-0.05, 0) is 23.6 Å². The third-order valence-corrected chi connectivity index (χ3v) is 3.19. The molecule has 1 aromatic carbocycles. The fraction of sp³-hybridized carbons (Fsp3) is 0.364.